The first kappa shape index (κ1) is 12.1. The Hall–Kier alpha value is -2.37. The molecule has 0 radical (unpaired) electrons. The highest BCUT2D eigenvalue weighted by molar-refractivity contribution is 5.94. The molecule has 6 nitrogen and oxygen atoms in total. The van der Waals surface area contributed by atoms with Gasteiger partial charge in [-0.05, 0) is 31.2 Å². The van der Waals surface area contributed by atoms with E-state index < -0.39 is 0 Å². The Kier molecular flexibility index (Phi) is 3.57. The molecule has 0 aliphatic heterocycles. The van der Waals surface area contributed by atoms with Crippen LogP contribution in [0, 0.1) is 6.92 Å². The molecule has 3 N–H and O–H groups in total. The number of anilines is 1. The molecule has 0 atom stereocenters. The predicted octanol–water partition coefficient (Wildman–Crippen LogP) is 0.933. The van der Waals surface area contributed by atoms with Crippen molar-refractivity contribution in [2.75, 3.05) is 12.3 Å². The van der Waals surface area contributed by atoms with E-state index in [0.29, 0.717) is 35.9 Å². The minimum atomic E-state index is -0.147. The highest BCUT2D eigenvalue weighted by Crippen LogP contribution is 2.05. The van der Waals surface area contributed by atoms with Gasteiger partial charge in [0.2, 0.25) is 5.89 Å². The normalized spacial score (nSPS) is 10.3. The summed E-state index contributed by atoms with van der Waals surface area (Å²) >= 11 is 0. The number of nitrogens with one attached hydrogen (secondary N) is 1. The lowest BCUT2D eigenvalue weighted by Gasteiger charge is -2.03. The van der Waals surface area contributed by atoms with Crippen LogP contribution in [0.25, 0.3) is 0 Å². The van der Waals surface area contributed by atoms with Gasteiger partial charge in [0.15, 0.2) is 5.82 Å². The molecule has 0 aliphatic rings. The molecule has 18 heavy (non-hydrogen) atoms. The van der Waals surface area contributed by atoms with Crippen LogP contribution in [0.4, 0.5) is 5.69 Å². The maximum atomic E-state index is 11.7. The van der Waals surface area contributed by atoms with Gasteiger partial charge in [-0.1, -0.05) is 5.16 Å². The van der Waals surface area contributed by atoms with Gasteiger partial charge in [0.1, 0.15) is 0 Å². The average molecular weight is 246 g/mol. The Morgan fingerprint density at radius 2 is 2.11 bits per heavy atom. The average Bonchev–Trinajstić information content (AvgIpc) is 2.76. The van der Waals surface area contributed by atoms with E-state index in [2.05, 4.69) is 15.5 Å². The molecule has 2 rings (SSSR count). The summed E-state index contributed by atoms with van der Waals surface area (Å²) in [7, 11) is 0. The first-order chi connectivity index (χ1) is 8.65. The molecule has 0 bridgehead atoms. The van der Waals surface area contributed by atoms with Crippen LogP contribution in [0.2, 0.25) is 0 Å². The molecule has 0 saturated heterocycles. The van der Waals surface area contributed by atoms with E-state index >= 15 is 0 Å². The smallest absolute Gasteiger partial charge is 0.251 e. The Balaban J connectivity index is 1.83. The van der Waals surface area contributed by atoms with E-state index in [9.17, 15) is 4.79 Å². The maximum absolute atomic E-state index is 11.7. The summed E-state index contributed by atoms with van der Waals surface area (Å²) in [5, 5.41) is 6.44. The third-order valence-corrected chi connectivity index (χ3v) is 2.37. The molecule has 0 fully saturated rings. The standard InChI is InChI=1S/C12H14N4O2/c1-8-15-11(18-16-8)6-7-14-12(17)9-2-4-10(13)5-3-9/h2-5H,6-7,13H2,1H3,(H,14,17). The van der Waals surface area contributed by atoms with Gasteiger partial charge >= 0.3 is 0 Å². The van der Waals surface area contributed by atoms with Crippen LogP contribution >= 0.6 is 0 Å². The molecular formula is C12H14N4O2. The zero-order valence-corrected chi connectivity index (χ0v) is 10.0. The number of hydrogen-bond acceptors (Lipinski definition) is 5. The number of benzene rings is 1. The summed E-state index contributed by atoms with van der Waals surface area (Å²) < 4.78 is 4.94. The van der Waals surface area contributed by atoms with Crippen molar-refractivity contribution < 1.29 is 9.32 Å². The summed E-state index contributed by atoms with van der Waals surface area (Å²) in [5.41, 5.74) is 6.75. The van der Waals surface area contributed by atoms with Crippen molar-refractivity contribution in [2.24, 2.45) is 0 Å². The van der Waals surface area contributed by atoms with Gasteiger partial charge in [-0.15, -0.1) is 0 Å². The lowest BCUT2D eigenvalue weighted by molar-refractivity contribution is 0.0953. The molecule has 1 aromatic heterocycles. The summed E-state index contributed by atoms with van der Waals surface area (Å²) in [6, 6.07) is 6.75. The number of rotatable bonds is 4. The molecule has 0 saturated carbocycles. The Morgan fingerprint density at radius 1 is 1.39 bits per heavy atom. The van der Waals surface area contributed by atoms with Crippen molar-refractivity contribution in [3.05, 3.63) is 41.5 Å². The number of nitrogens with two attached hydrogens (primary N) is 1. The zero-order chi connectivity index (χ0) is 13.0. The second-order valence-electron chi connectivity index (χ2n) is 3.86. The summed E-state index contributed by atoms with van der Waals surface area (Å²) in [4.78, 5) is 15.8. The van der Waals surface area contributed by atoms with Crippen molar-refractivity contribution in [2.45, 2.75) is 13.3 Å². The second-order valence-corrected chi connectivity index (χ2v) is 3.86. The number of carbonyl (C=O) groups is 1. The molecule has 0 unspecified atom stereocenters. The van der Waals surface area contributed by atoms with Crippen molar-refractivity contribution in [3.63, 3.8) is 0 Å². The monoisotopic (exact) mass is 246 g/mol. The van der Waals surface area contributed by atoms with Crippen LogP contribution in [0.1, 0.15) is 22.1 Å². The van der Waals surface area contributed by atoms with Gasteiger partial charge in [0.25, 0.3) is 5.91 Å². The summed E-state index contributed by atoms with van der Waals surface area (Å²) in [5.74, 6) is 0.964. The number of nitrogen functional groups attached to an aromatic ring is 1. The highest BCUT2D eigenvalue weighted by Gasteiger charge is 2.06. The van der Waals surface area contributed by atoms with Crippen molar-refractivity contribution in [1.82, 2.24) is 15.5 Å². The van der Waals surface area contributed by atoms with Gasteiger partial charge in [0.05, 0.1) is 0 Å². The predicted molar refractivity (Wildman–Crippen MR) is 65.9 cm³/mol. The fourth-order valence-electron chi connectivity index (χ4n) is 1.46. The highest BCUT2D eigenvalue weighted by atomic mass is 16.5. The molecule has 0 spiro atoms. The van der Waals surface area contributed by atoms with Crippen LogP contribution in [0.3, 0.4) is 0 Å². The van der Waals surface area contributed by atoms with Crippen LogP contribution < -0.4 is 11.1 Å². The molecule has 1 amide bonds. The number of aryl methyl sites for hydroxylation is 1. The minimum absolute atomic E-state index is 0.147. The fraction of sp³-hybridized carbons (Fsp3) is 0.250. The topological polar surface area (TPSA) is 94.0 Å². The van der Waals surface area contributed by atoms with Gasteiger partial charge < -0.3 is 15.6 Å². The third-order valence-electron chi connectivity index (χ3n) is 2.37. The lowest BCUT2D eigenvalue weighted by atomic mass is 10.2. The van der Waals surface area contributed by atoms with Crippen LogP contribution in [-0.4, -0.2) is 22.6 Å². The molecule has 2 aromatic rings. The second kappa shape index (κ2) is 5.31. The van der Waals surface area contributed by atoms with E-state index in [4.69, 9.17) is 10.3 Å². The van der Waals surface area contributed by atoms with E-state index in [0.717, 1.165) is 0 Å². The first-order valence-electron chi connectivity index (χ1n) is 5.58. The van der Waals surface area contributed by atoms with Crippen molar-refractivity contribution >= 4 is 11.6 Å². The van der Waals surface area contributed by atoms with Crippen LogP contribution in [0.5, 0.6) is 0 Å². The molecule has 94 valence electrons. The fourth-order valence-corrected chi connectivity index (χ4v) is 1.46. The number of carbonyl (C=O) groups excluding carboxylic acids is 1. The van der Waals surface area contributed by atoms with Crippen LogP contribution in [-0.2, 0) is 6.42 Å². The summed E-state index contributed by atoms with van der Waals surface area (Å²) in [6.45, 7) is 2.20. The number of aromatic nitrogens is 2. The largest absolute Gasteiger partial charge is 0.399 e. The lowest BCUT2D eigenvalue weighted by Crippen LogP contribution is -2.25. The van der Waals surface area contributed by atoms with Gasteiger partial charge in [-0.25, -0.2) is 0 Å². The van der Waals surface area contributed by atoms with E-state index in [1.54, 1.807) is 31.2 Å². The minimum Gasteiger partial charge on any atom is -0.399 e. The van der Waals surface area contributed by atoms with E-state index in [1.807, 2.05) is 0 Å². The first-order valence-corrected chi connectivity index (χ1v) is 5.58. The SMILES string of the molecule is Cc1noc(CCNC(=O)c2ccc(N)cc2)n1. The Bertz CT molecular complexity index is 533. The third kappa shape index (κ3) is 3.07. The van der Waals surface area contributed by atoms with Crippen molar-refractivity contribution in [3.8, 4) is 0 Å². The van der Waals surface area contributed by atoms with Gasteiger partial charge in [-0.2, -0.15) is 4.98 Å². The Morgan fingerprint density at radius 3 is 2.72 bits per heavy atom. The number of hydrogen-bond donors (Lipinski definition) is 2. The van der Waals surface area contributed by atoms with Gasteiger partial charge in [0, 0.05) is 24.2 Å². The molecule has 0 aliphatic carbocycles. The molecule has 1 aromatic carbocycles. The maximum Gasteiger partial charge on any atom is 0.251 e. The summed E-state index contributed by atoms with van der Waals surface area (Å²) in [6.07, 6.45) is 0.515. The van der Waals surface area contributed by atoms with E-state index in [-0.39, 0.29) is 5.91 Å². The Labute approximate surface area is 104 Å². The quantitative estimate of drug-likeness (QED) is 0.783. The number of amides is 1. The zero-order valence-electron chi connectivity index (χ0n) is 10.0. The molecule has 6 heteroatoms. The molecule has 1 heterocycles. The van der Waals surface area contributed by atoms with Crippen molar-refractivity contribution in [1.29, 1.82) is 0 Å². The number of nitrogens with zero attached hydrogens (tertiary/aromatic N) is 2. The molecular weight excluding hydrogens is 232 g/mol. The van der Waals surface area contributed by atoms with E-state index in [1.165, 1.54) is 0 Å². The van der Waals surface area contributed by atoms with Gasteiger partial charge in [-0.3, -0.25) is 4.79 Å². The van der Waals surface area contributed by atoms with Crippen LogP contribution in [0.15, 0.2) is 28.8 Å².